The van der Waals surface area contributed by atoms with Crippen LogP contribution < -0.4 is 24.8 Å². The second-order valence-electron chi connectivity index (χ2n) is 6.08. The number of nitrogens with zero attached hydrogens (tertiary/aromatic N) is 3. The standard InChI is InChI=1S/C19H18ClN5O3/c1-11-7-14(16(26-2)9-13(11)20)23-19-24-18(10-21-25-19)22-12-3-4-15-17(8-12)28-6-5-27-15/h3-4,7-10H,5-6H2,1-2H3,(H2,22,23,24,25). The Morgan fingerprint density at radius 1 is 1.07 bits per heavy atom. The molecule has 1 aromatic heterocycles. The van der Waals surface area contributed by atoms with Gasteiger partial charge in [0.1, 0.15) is 19.0 Å². The average molecular weight is 400 g/mol. The van der Waals surface area contributed by atoms with E-state index < -0.39 is 0 Å². The molecular formula is C19H18ClN5O3. The molecular weight excluding hydrogens is 382 g/mol. The Morgan fingerprint density at radius 3 is 2.71 bits per heavy atom. The van der Waals surface area contributed by atoms with Crippen molar-refractivity contribution in [2.24, 2.45) is 0 Å². The van der Waals surface area contributed by atoms with Gasteiger partial charge < -0.3 is 24.8 Å². The van der Waals surface area contributed by atoms with Gasteiger partial charge in [0.2, 0.25) is 5.95 Å². The number of methoxy groups -OCH3 is 1. The Balaban J connectivity index is 1.55. The van der Waals surface area contributed by atoms with Crippen molar-refractivity contribution in [1.29, 1.82) is 0 Å². The van der Waals surface area contributed by atoms with Gasteiger partial charge in [-0.1, -0.05) is 11.6 Å². The first-order valence-electron chi connectivity index (χ1n) is 8.60. The van der Waals surface area contributed by atoms with Gasteiger partial charge >= 0.3 is 0 Å². The highest BCUT2D eigenvalue weighted by Crippen LogP contribution is 2.34. The quantitative estimate of drug-likeness (QED) is 0.662. The van der Waals surface area contributed by atoms with Crippen molar-refractivity contribution < 1.29 is 14.2 Å². The van der Waals surface area contributed by atoms with Crippen molar-refractivity contribution in [3.05, 3.63) is 47.1 Å². The van der Waals surface area contributed by atoms with Gasteiger partial charge in [-0.15, -0.1) is 5.10 Å². The van der Waals surface area contributed by atoms with E-state index in [1.807, 2.05) is 31.2 Å². The number of rotatable bonds is 5. The van der Waals surface area contributed by atoms with E-state index in [4.69, 9.17) is 25.8 Å². The Kier molecular flexibility index (Phi) is 5.03. The Hall–Kier alpha value is -3.26. The molecule has 0 spiro atoms. The molecule has 144 valence electrons. The van der Waals surface area contributed by atoms with Crippen molar-refractivity contribution in [2.75, 3.05) is 31.0 Å². The number of anilines is 4. The van der Waals surface area contributed by atoms with E-state index in [0.29, 0.717) is 47.2 Å². The van der Waals surface area contributed by atoms with E-state index in [2.05, 4.69) is 25.8 Å². The van der Waals surface area contributed by atoms with Gasteiger partial charge in [0, 0.05) is 22.8 Å². The maximum absolute atomic E-state index is 6.15. The predicted octanol–water partition coefficient (Wildman–Crippen LogP) is 4.10. The number of hydrogen-bond acceptors (Lipinski definition) is 8. The molecule has 2 heterocycles. The van der Waals surface area contributed by atoms with E-state index in [1.165, 1.54) is 6.20 Å². The molecule has 3 aromatic rings. The zero-order chi connectivity index (χ0) is 19.5. The van der Waals surface area contributed by atoms with Crippen molar-refractivity contribution in [3.63, 3.8) is 0 Å². The van der Waals surface area contributed by atoms with Gasteiger partial charge in [-0.2, -0.15) is 10.1 Å². The van der Waals surface area contributed by atoms with Crippen LogP contribution in [-0.2, 0) is 0 Å². The van der Waals surface area contributed by atoms with E-state index in [-0.39, 0.29) is 0 Å². The van der Waals surface area contributed by atoms with Crippen molar-refractivity contribution in [1.82, 2.24) is 15.2 Å². The Morgan fingerprint density at radius 2 is 1.89 bits per heavy atom. The number of aryl methyl sites for hydroxylation is 1. The lowest BCUT2D eigenvalue weighted by molar-refractivity contribution is 0.171. The van der Waals surface area contributed by atoms with Crippen LogP contribution in [0.2, 0.25) is 5.02 Å². The van der Waals surface area contributed by atoms with Crippen LogP contribution in [0.4, 0.5) is 23.1 Å². The second kappa shape index (κ2) is 7.77. The van der Waals surface area contributed by atoms with Crippen LogP contribution in [0.3, 0.4) is 0 Å². The molecule has 0 unspecified atom stereocenters. The van der Waals surface area contributed by atoms with Crippen LogP contribution in [0.5, 0.6) is 17.2 Å². The van der Waals surface area contributed by atoms with Crippen molar-refractivity contribution in [2.45, 2.75) is 6.92 Å². The fourth-order valence-corrected chi connectivity index (χ4v) is 2.89. The van der Waals surface area contributed by atoms with Crippen LogP contribution in [0, 0.1) is 6.92 Å². The van der Waals surface area contributed by atoms with Crippen LogP contribution in [-0.4, -0.2) is 35.5 Å². The molecule has 9 heteroatoms. The largest absolute Gasteiger partial charge is 0.495 e. The number of hydrogen-bond donors (Lipinski definition) is 2. The van der Waals surface area contributed by atoms with E-state index in [1.54, 1.807) is 13.2 Å². The first-order valence-corrected chi connectivity index (χ1v) is 8.98. The summed E-state index contributed by atoms with van der Waals surface area (Å²) in [5, 5.41) is 15.0. The van der Waals surface area contributed by atoms with Gasteiger partial charge in [0.25, 0.3) is 0 Å². The molecule has 0 bridgehead atoms. The molecule has 8 nitrogen and oxygen atoms in total. The summed E-state index contributed by atoms with van der Waals surface area (Å²) in [7, 11) is 1.57. The Labute approximate surface area is 166 Å². The molecule has 0 radical (unpaired) electrons. The summed E-state index contributed by atoms with van der Waals surface area (Å²) in [4.78, 5) is 4.45. The lowest BCUT2D eigenvalue weighted by Crippen LogP contribution is -2.15. The second-order valence-corrected chi connectivity index (χ2v) is 6.48. The number of halogens is 1. The molecule has 0 saturated heterocycles. The SMILES string of the molecule is COc1cc(Cl)c(C)cc1Nc1nncc(Nc2ccc3c(c2)OCCO3)n1. The number of benzene rings is 2. The minimum Gasteiger partial charge on any atom is -0.495 e. The molecule has 0 aliphatic carbocycles. The number of nitrogens with one attached hydrogen (secondary N) is 2. The summed E-state index contributed by atoms with van der Waals surface area (Å²) < 4.78 is 16.5. The highest BCUT2D eigenvalue weighted by molar-refractivity contribution is 6.31. The molecule has 0 saturated carbocycles. The summed E-state index contributed by atoms with van der Waals surface area (Å²) in [6.07, 6.45) is 1.53. The topological polar surface area (TPSA) is 90.4 Å². The molecule has 1 aliphatic rings. The van der Waals surface area contributed by atoms with E-state index in [9.17, 15) is 0 Å². The Bertz CT molecular complexity index is 1010. The van der Waals surface area contributed by atoms with Gasteiger partial charge in [-0.3, -0.25) is 0 Å². The lowest BCUT2D eigenvalue weighted by atomic mass is 10.2. The first-order chi connectivity index (χ1) is 13.6. The van der Waals surface area contributed by atoms with Crippen LogP contribution in [0.15, 0.2) is 36.5 Å². The highest BCUT2D eigenvalue weighted by Gasteiger charge is 2.13. The molecule has 2 aromatic carbocycles. The summed E-state index contributed by atoms with van der Waals surface area (Å²) in [6.45, 7) is 2.99. The molecule has 0 fully saturated rings. The van der Waals surface area contributed by atoms with Crippen LogP contribution in [0.25, 0.3) is 0 Å². The first kappa shape index (κ1) is 18.1. The molecule has 2 N–H and O–H groups in total. The van der Waals surface area contributed by atoms with Crippen LogP contribution in [0.1, 0.15) is 5.56 Å². The molecule has 0 atom stereocenters. The van der Waals surface area contributed by atoms with E-state index in [0.717, 1.165) is 17.0 Å². The smallest absolute Gasteiger partial charge is 0.249 e. The average Bonchev–Trinajstić information content (AvgIpc) is 2.71. The van der Waals surface area contributed by atoms with E-state index >= 15 is 0 Å². The van der Waals surface area contributed by atoms with Crippen LogP contribution >= 0.6 is 11.6 Å². The number of aromatic nitrogens is 3. The van der Waals surface area contributed by atoms with Crippen molar-refractivity contribution >= 4 is 34.7 Å². The lowest BCUT2D eigenvalue weighted by Gasteiger charge is -2.19. The molecule has 28 heavy (non-hydrogen) atoms. The maximum atomic E-state index is 6.15. The molecule has 0 amide bonds. The summed E-state index contributed by atoms with van der Waals surface area (Å²) in [5.74, 6) is 2.86. The third-order valence-corrected chi connectivity index (χ3v) is 4.51. The van der Waals surface area contributed by atoms with Gasteiger partial charge in [-0.05, 0) is 30.7 Å². The maximum Gasteiger partial charge on any atom is 0.249 e. The third-order valence-electron chi connectivity index (χ3n) is 4.10. The fraction of sp³-hybridized carbons (Fsp3) is 0.211. The van der Waals surface area contributed by atoms with Gasteiger partial charge in [0.05, 0.1) is 19.0 Å². The zero-order valence-corrected chi connectivity index (χ0v) is 16.1. The molecule has 1 aliphatic heterocycles. The summed E-state index contributed by atoms with van der Waals surface area (Å²) >= 11 is 6.15. The normalized spacial score (nSPS) is 12.4. The monoisotopic (exact) mass is 399 g/mol. The predicted molar refractivity (Wildman–Crippen MR) is 107 cm³/mol. The van der Waals surface area contributed by atoms with Crippen molar-refractivity contribution in [3.8, 4) is 17.2 Å². The summed E-state index contributed by atoms with van der Waals surface area (Å²) in [5.41, 5.74) is 2.40. The summed E-state index contributed by atoms with van der Waals surface area (Å²) in [6, 6.07) is 9.20. The number of fused-ring (bicyclic) bond motifs is 1. The minimum absolute atomic E-state index is 0.322. The molecule has 4 rings (SSSR count). The fourth-order valence-electron chi connectivity index (χ4n) is 2.74. The number of ether oxygens (including phenoxy) is 3. The third kappa shape index (κ3) is 3.86. The zero-order valence-electron chi connectivity index (χ0n) is 15.3. The highest BCUT2D eigenvalue weighted by atomic mass is 35.5. The van der Waals surface area contributed by atoms with Gasteiger partial charge in [0.15, 0.2) is 17.3 Å². The van der Waals surface area contributed by atoms with Gasteiger partial charge in [-0.25, -0.2) is 0 Å². The minimum atomic E-state index is 0.322.